The third-order valence-corrected chi connectivity index (χ3v) is 8.72. The highest BCUT2D eigenvalue weighted by Gasteiger charge is 2.37. The van der Waals surface area contributed by atoms with Gasteiger partial charge in [0.15, 0.2) is 8.32 Å². The van der Waals surface area contributed by atoms with Gasteiger partial charge >= 0.3 is 5.69 Å². The topological polar surface area (TPSA) is 52.3 Å². The summed E-state index contributed by atoms with van der Waals surface area (Å²) in [6, 6.07) is 0. The standard InChI is InChI=1S/C14H29FN4O2Si/c1-14(2,3)22(7,8)21-10-11(15)9-19-13(20)18(6)12(16-19)17(4)5/h11H,9-10H2,1-8H3. The van der Waals surface area contributed by atoms with Crippen molar-refractivity contribution in [2.75, 3.05) is 25.6 Å². The quantitative estimate of drug-likeness (QED) is 0.748. The van der Waals surface area contributed by atoms with Gasteiger partial charge in [-0.05, 0) is 18.1 Å². The molecule has 0 aromatic carbocycles. The number of nitrogens with zero attached hydrogens (tertiary/aromatic N) is 4. The average molecular weight is 332 g/mol. The summed E-state index contributed by atoms with van der Waals surface area (Å²) in [6.07, 6.45) is -1.25. The lowest BCUT2D eigenvalue weighted by molar-refractivity contribution is 0.161. The molecule has 0 spiro atoms. The average Bonchev–Trinajstić information content (AvgIpc) is 2.63. The van der Waals surface area contributed by atoms with Gasteiger partial charge in [-0.3, -0.25) is 4.57 Å². The molecule has 1 aromatic heterocycles. The van der Waals surface area contributed by atoms with Crippen molar-refractivity contribution in [3.05, 3.63) is 10.5 Å². The lowest BCUT2D eigenvalue weighted by Gasteiger charge is -2.36. The SMILES string of the molecule is CN(C)c1nn(CC(F)CO[Si](C)(C)C(C)(C)C)c(=O)n1C. The van der Waals surface area contributed by atoms with Gasteiger partial charge in [0, 0.05) is 21.1 Å². The van der Waals surface area contributed by atoms with E-state index >= 15 is 0 Å². The van der Waals surface area contributed by atoms with Crippen LogP contribution in [0.15, 0.2) is 4.79 Å². The van der Waals surface area contributed by atoms with Crippen LogP contribution in [0.4, 0.5) is 10.3 Å². The molecule has 1 atom stereocenters. The second kappa shape index (κ2) is 6.53. The molecule has 1 unspecified atom stereocenters. The molecule has 0 N–H and O–H groups in total. The van der Waals surface area contributed by atoms with Gasteiger partial charge in [0.2, 0.25) is 5.95 Å². The van der Waals surface area contributed by atoms with Gasteiger partial charge in [-0.1, -0.05) is 20.8 Å². The van der Waals surface area contributed by atoms with Crippen LogP contribution < -0.4 is 10.6 Å². The zero-order valence-electron chi connectivity index (χ0n) is 15.0. The smallest absolute Gasteiger partial charge is 0.347 e. The highest BCUT2D eigenvalue weighted by Crippen LogP contribution is 2.36. The molecule has 0 saturated carbocycles. The molecule has 8 heteroatoms. The number of aromatic nitrogens is 3. The van der Waals surface area contributed by atoms with Crippen LogP contribution in [-0.4, -0.2) is 49.5 Å². The molecule has 0 amide bonds. The number of hydrogen-bond donors (Lipinski definition) is 0. The summed E-state index contributed by atoms with van der Waals surface area (Å²) in [5, 5.41) is 4.19. The van der Waals surface area contributed by atoms with Crippen LogP contribution in [0.3, 0.4) is 0 Å². The molecule has 1 heterocycles. The van der Waals surface area contributed by atoms with Crippen molar-refractivity contribution in [3.63, 3.8) is 0 Å². The third kappa shape index (κ3) is 4.19. The highest BCUT2D eigenvalue weighted by molar-refractivity contribution is 6.74. The van der Waals surface area contributed by atoms with Gasteiger partial charge in [0.1, 0.15) is 6.17 Å². The summed E-state index contributed by atoms with van der Waals surface area (Å²) in [6.45, 7) is 10.4. The van der Waals surface area contributed by atoms with Gasteiger partial charge in [-0.15, -0.1) is 5.10 Å². The van der Waals surface area contributed by atoms with E-state index in [-0.39, 0.29) is 23.9 Å². The Morgan fingerprint density at radius 2 is 1.91 bits per heavy atom. The first kappa shape index (κ1) is 18.9. The van der Waals surface area contributed by atoms with E-state index in [1.54, 1.807) is 26.0 Å². The van der Waals surface area contributed by atoms with E-state index in [4.69, 9.17) is 4.43 Å². The van der Waals surface area contributed by atoms with Crippen LogP contribution in [0.25, 0.3) is 0 Å². The van der Waals surface area contributed by atoms with Crippen LogP contribution in [0.5, 0.6) is 0 Å². The fourth-order valence-corrected chi connectivity index (χ4v) is 2.77. The van der Waals surface area contributed by atoms with Gasteiger partial charge in [-0.2, -0.15) is 0 Å². The summed E-state index contributed by atoms with van der Waals surface area (Å²) >= 11 is 0. The molecule has 1 aromatic rings. The van der Waals surface area contributed by atoms with Crippen LogP contribution in [0, 0.1) is 0 Å². The van der Waals surface area contributed by atoms with Gasteiger partial charge in [-0.25, -0.2) is 13.9 Å². The maximum atomic E-state index is 14.2. The number of hydrogen-bond acceptors (Lipinski definition) is 4. The van der Waals surface area contributed by atoms with Gasteiger partial charge in [0.25, 0.3) is 0 Å². The first-order valence-corrected chi connectivity index (χ1v) is 10.4. The van der Waals surface area contributed by atoms with Crippen LogP contribution in [0.2, 0.25) is 18.1 Å². The number of rotatable bonds is 6. The molecule has 6 nitrogen and oxygen atoms in total. The Kier molecular flexibility index (Phi) is 5.61. The monoisotopic (exact) mass is 332 g/mol. The van der Waals surface area contributed by atoms with Crippen molar-refractivity contribution in [3.8, 4) is 0 Å². The lowest BCUT2D eigenvalue weighted by atomic mass is 10.2. The van der Waals surface area contributed by atoms with E-state index < -0.39 is 14.5 Å². The molecule has 0 aliphatic carbocycles. The van der Waals surface area contributed by atoms with Crippen molar-refractivity contribution in [1.82, 2.24) is 14.3 Å². The lowest BCUT2D eigenvalue weighted by Crippen LogP contribution is -2.43. The summed E-state index contributed by atoms with van der Waals surface area (Å²) in [7, 11) is 3.22. The number of alkyl halides is 1. The maximum absolute atomic E-state index is 14.2. The molecule has 1 rings (SSSR count). The van der Waals surface area contributed by atoms with Crippen molar-refractivity contribution in [2.24, 2.45) is 7.05 Å². The van der Waals surface area contributed by atoms with Crippen LogP contribution in [0.1, 0.15) is 20.8 Å². The summed E-state index contributed by atoms with van der Waals surface area (Å²) in [4.78, 5) is 13.7. The summed E-state index contributed by atoms with van der Waals surface area (Å²) < 4.78 is 22.6. The maximum Gasteiger partial charge on any atom is 0.347 e. The van der Waals surface area contributed by atoms with Crippen molar-refractivity contribution in [2.45, 2.75) is 51.6 Å². The molecule has 128 valence electrons. The number of halogens is 1. The molecule has 0 bridgehead atoms. The fraction of sp³-hybridized carbons (Fsp3) is 0.857. The van der Waals surface area contributed by atoms with E-state index in [1.807, 2.05) is 0 Å². The van der Waals surface area contributed by atoms with Gasteiger partial charge < -0.3 is 9.33 Å². The fourth-order valence-electron chi connectivity index (χ4n) is 1.74. The zero-order chi connectivity index (χ0) is 17.3. The third-order valence-electron chi connectivity index (χ3n) is 4.22. The van der Waals surface area contributed by atoms with Crippen molar-refractivity contribution < 1.29 is 8.82 Å². The molecular formula is C14H29FN4O2Si. The Morgan fingerprint density at radius 3 is 2.32 bits per heavy atom. The first-order valence-electron chi connectivity index (χ1n) is 7.46. The molecule has 0 radical (unpaired) electrons. The molecular weight excluding hydrogens is 303 g/mol. The normalized spacial score (nSPS) is 14.2. The Balaban J connectivity index is 2.73. The Labute approximate surface area is 133 Å². The van der Waals surface area contributed by atoms with E-state index in [0.29, 0.717) is 5.95 Å². The van der Waals surface area contributed by atoms with E-state index in [2.05, 4.69) is 39.0 Å². The Bertz CT molecular complexity index is 560. The van der Waals surface area contributed by atoms with Crippen molar-refractivity contribution in [1.29, 1.82) is 0 Å². The second-order valence-electron chi connectivity index (χ2n) is 7.39. The Morgan fingerprint density at radius 1 is 1.36 bits per heavy atom. The largest absolute Gasteiger partial charge is 0.414 e. The van der Waals surface area contributed by atoms with E-state index in [1.165, 1.54) is 4.57 Å². The minimum Gasteiger partial charge on any atom is -0.414 e. The van der Waals surface area contributed by atoms with E-state index in [9.17, 15) is 9.18 Å². The Hall–Kier alpha value is -1.15. The molecule has 0 aliphatic heterocycles. The highest BCUT2D eigenvalue weighted by atomic mass is 28.4. The summed E-state index contributed by atoms with van der Waals surface area (Å²) in [5.41, 5.74) is -0.321. The second-order valence-corrected chi connectivity index (χ2v) is 12.2. The molecule has 22 heavy (non-hydrogen) atoms. The van der Waals surface area contributed by atoms with E-state index in [0.717, 1.165) is 4.68 Å². The molecule has 0 aliphatic rings. The minimum atomic E-state index is -1.98. The molecule has 0 fully saturated rings. The van der Waals surface area contributed by atoms with Crippen molar-refractivity contribution >= 4 is 14.3 Å². The van der Waals surface area contributed by atoms with Gasteiger partial charge in [0.05, 0.1) is 13.2 Å². The predicted octanol–water partition coefficient (Wildman–Crippen LogP) is 2.01. The molecule has 0 saturated heterocycles. The van der Waals surface area contributed by atoms with Crippen LogP contribution >= 0.6 is 0 Å². The van der Waals surface area contributed by atoms with Crippen LogP contribution in [-0.2, 0) is 18.0 Å². The zero-order valence-corrected chi connectivity index (χ0v) is 16.0. The first-order chi connectivity index (χ1) is 9.86. The number of anilines is 1. The predicted molar refractivity (Wildman–Crippen MR) is 89.8 cm³/mol. The summed E-state index contributed by atoms with van der Waals surface area (Å²) in [5.74, 6) is 0.502. The minimum absolute atomic E-state index is 0.00317.